The van der Waals surface area contributed by atoms with Crippen LogP contribution in [0.4, 0.5) is 4.39 Å². The number of hydrogen-bond acceptors (Lipinski definition) is 0. The van der Waals surface area contributed by atoms with Crippen molar-refractivity contribution >= 4 is 0 Å². The lowest BCUT2D eigenvalue weighted by Crippen LogP contribution is -2.30. The maximum Gasteiger partial charge on any atom is 0.131 e. The Kier molecular flexibility index (Phi) is 7.43. The van der Waals surface area contributed by atoms with Crippen LogP contribution in [0.15, 0.2) is 67.8 Å². The van der Waals surface area contributed by atoms with E-state index >= 15 is 0 Å². The molecule has 0 heterocycles. The number of rotatable bonds is 8. The fraction of sp³-hybridized carbons (Fsp3) is 0.467. The van der Waals surface area contributed by atoms with Gasteiger partial charge in [-0.25, -0.2) is 4.39 Å². The Morgan fingerprint density at radius 3 is 2.32 bits per heavy atom. The van der Waals surface area contributed by atoms with Crippen LogP contribution in [0.2, 0.25) is 0 Å². The van der Waals surface area contributed by atoms with Crippen LogP contribution >= 0.6 is 0 Å². The Bertz CT molecular complexity index is 878. The summed E-state index contributed by atoms with van der Waals surface area (Å²) in [6.07, 6.45) is 16.5. The quantitative estimate of drug-likeness (QED) is 0.377. The zero-order valence-corrected chi connectivity index (χ0v) is 18.9. The number of allylic oxidation sites excluding steroid dienone is 2. The second kappa shape index (κ2) is 10.4. The second-order valence-electron chi connectivity index (χ2n) is 9.84. The molecule has 4 atom stereocenters. The van der Waals surface area contributed by atoms with Gasteiger partial charge in [-0.15, -0.1) is 13.2 Å². The molecule has 164 valence electrons. The predicted molar refractivity (Wildman–Crippen MR) is 131 cm³/mol. The third kappa shape index (κ3) is 5.37. The fourth-order valence-electron chi connectivity index (χ4n) is 6.06. The third-order valence-electron chi connectivity index (χ3n) is 7.86. The molecule has 2 aliphatic rings. The molecule has 0 N–H and O–H groups in total. The van der Waals surface area contributed by atoms with Crippen LogP contribution in [0.5, 0.6) is 0 Å². The van der Waals surface area contributed by atoms with E-state index in [9.17, 15) is 4.39 Å². The van der Waals surface area contributed by atoms with Crippen LogP contribution in [-0.2, 0) is 6.42 Å². The first kappa shape index (κ1) is 22.1. The number of hydrogen-bond donors (Lipinski definition) is 0. The van der Waals surface area contributed by atoms with Gasteiger partial charge in [0.05, 0.1) is 0 Å². The van der Waals surface area contributed by atoms with Gasteiger partial charge in [-0.3, -0.25) is 0 Å². The zero-order valence-electron chi connectivity index (χ0n) is 18.9. The molecule has 0 aliphatic heterocycles. The van der Waals surface area contributed by atoms with Gasteiger partial charge in [-0.1, -0.05) is 55.0 Å². The second-order valence-corrected chi connectivity index (χ2v) is 9.84. The molecule has 4 unspecified atom stereocenters. The summed E-state index contributed by atoms with van der Waals surface area (Å²) in [4.78, 5) is 0. The van der Waals surface area contributed by atoms with E-state index in [0.717, 1.165) is 41.7 Å². The molecule has 0 bridgehead atoms. The molecule has 4 rings (SSSR count). The van der Waals surface area contributed by atoms with Crippen molar-refractivity contribution in [1.82, 2.24) is 0 Å². The largest absolute Gasteiger partial charge is 0.206 e. The molecule has 2 saturated carbocycles. The monoisotopic (exact) mass is 416 g/mol. The lowest BCUT2D eigenvalue weighted by atomic mass is 9.63. The highest BCUT2D eigenvalue weighted by Crippen LogP contribution is 2.48. The standard InChI is InChI=1S/C30H37F/c1-3-5-7-22-9-11-28-21-27(17-16-26(28)19-22)24-12-14-25(15-13-24)29-18-10-23(8-6-4-2)20-30(29)31/h3-4,10,12-15,18,20,22,26-28H,1-2,5-9,11,16-17,19,21H2. The minimum absolute atomic E-state index is 0.122. The van der Waals surface area contributed by atoms with Gasteiger partial charge in [0.1, 0.15) is 5.82 Å². The molecule has 0 saturated heterocycles. The first-order valence-corrected chi connectivity index (χ1v) is 12.3. The van der Waals surface area contributed by atoms with Crippen LogP contribution in [0.3, 0.4) is 0 Å². The van der Waals surface area contributed by atoms with Crippen molar-refractivity contribution in [3.05, 3.63) is 84.7 Å². The molecule has 2 aliphatic carbocycles. The van der Waals surface area contributed by atoms with E-state index in [2.05, 4.69) is 43.5 Å². The summed E-state index contributed by atoms with van der Waals surface area (Å²) in [5.41, 5.74) is 4.16. The van der Waals surface area contributed by atoms with Crippen molar-refractivity contribution in [1.29, 1.82) is 0 Å². The Morgan fingerprint density at radius 2 is 1.58 bits per heavy atom. The van der Waals surface area contributed by atoms with E-state index in [1.54, 1.807) is 6.07 Å². The predicted octanol–water partition coefficient (Wildman–Crippen LogP) is 8.88. The summed E-state index contributed by atoms with van der Waals surface area (Å²) in [6, 6.07) is 14.4. The molecular weight excluding hydrogens is 379 g/mol. The molecular formula is C30H37F. The Hall–Kier alpha value is -2.15. The molecule has 0 radical (unpaired) electrons. The summed E-state index contributed by atoms with van der Waals surface area (Å²) in [5, 5.41) is 0. The maximum absolute atomic E-state index is 14.7. The molecule has 0 aromatic heterocycles. The van der Waals surface area contributed by atoms with Gasteiger partial charge in [-0.05, 0) is 104 Å². The van der Waals surface area contributed by atoms with E-state index in [0.29, 0.717) is 11.5 Å². The molecule has 2 aromatic rings. The van der Waals surface area contributed by atoms with Crippen molar-refractivity contribution in [3.63, 3.8) is 0 Å². The van der Waals surface area contributed by atoms with Crippen LogP contribution in [-0.4, -0.2) is 0 Å². The van der Waals surface area contributed by atoms with Crippen molar-refractivity contribution < 1.29 is 4.39 Å². The van der Waals surface area contributed by atoms with E-state index in [-0.39, 0.29) is 5.82 Å². The highest BCUT2D eigenvalue weighted by Gasteiger charge is 2.35. The number of halogens is 1. The molecule has 0 spiro atoms. The number of benzene rings is 2. The van der Waals surface area contributed by atoms with Gasteiger partial charge in [-0.2, -0.15) is 0 Å². The zero-order chi connectivity index (χ0) is 21.6. The van der Waals surface area contributed by atoms with E-state index in [1.165, 1.54) is 56.9 Å². The van der Waals surface area contributed by atoms with Crippen molar-refractivity contribution in [3.8, 4) is 11.1 Å². The third-order valence-corrected chi connectivity index (χ3v) is 7.86. The van der Waals surface area contributed by atoms with Crippen LogP contribution in [0.1, 0.15) is 74.8 Å². The first-order valence-electron chi connectivity index (χ1n) is 12.3. The maximum atomic E-state index is 14.7. The Morgan fingerprint density at radius 1 is 0.839 bits per heavy atom. The topological polar surface area (TPSA) is 0 Å². The van der Waals surface area contributed by atoms with Crippen molar-refractivity contribution in [2.75, 3.05) is 0 Å². The minimum Gasteiger partial charge on any atom is -0.206 e. The summed E-state index contributed by atoms with van der Waals surface area (Å²) < 4.78 is 14.7. The van der Waals surface area contributed by atoms with Crippen LogP contribution < -0.4 is 0 Å². The SMILES string of the molecule is C=CCCc1ccc(-c2ccc(C3CCC4CC(CCC=C)CCC4C3)cc2)c(F)c1. The van der Waals surface area contributed by atoms with E-state index in [4.69, 9.17) is 0 Å². The highest BCUT2D eigenvalue weighted by atomic mass is 19.1. The van der Waals surface area contributed by atoms with E-state index in [1.807, 2.05) is 18.2 Å². The highest BCUT2D eigenvalue weighted by molar-refractivity contribution is 5.65. The van der Waals surface area contributed by atoms with Gasteiger partial charge in [0.25, 0.3) is 0 Å². The van der Waals surface area contributed by atoms with Gasteiger partial charge >= 0.3 is 0 Å². The lowest BCUT2D eigenvalue weighted by molar-refractivity contribution is 0.115. The normalized spacial score (nSPS) is 25.6. The average molecular weight is 417 g/mol. The first-order chi connectivity index (χ1) is 15.2. The average Bonchev–Trinajstić information content (AvgIpc) is 2.81. The summed E-state index contributed by atoms with van der Waals surface area (Å²) in [7, 11) is 0. The summed E-state index contributed by atoms with van der Waals surface area (Å²) >= 11 is 0. The molecule has 1 heteroatoms. The number of fused-ring (bicyclic) bond motifs is 1. The van der Waals surface area contributed by atoms with Crippen molar-refractivity contribution in [2.24, 2.45) is 17.8 Å². The molecule has 0 nitrogen and oxygen atoms in total. The lowest BCUT2D eigenvalue weighted by Gasteiger charge is -2.42. The van der Waals surface area contributed by atoms with E-state index < -0.39 is 0 Å². The van der Waals surface area contributed by atoms with Gasteiger partial charge in [0, 0.05) is 5.56 Å². The molecule has 31 heavy (non-hydrogen) atoms. The Balaban J connectivity index is 1.38. The Labute approximate surface area is 188 Å². The summed E-state index contributed by atoms with van der Waals surface area (Å²) in [6.45, 7) is 7.64. The smallest absolute Gasteiger partial charge is 0.131 e. The van der Waals surface area contributed by atoms with Crippen LogP contribution in [0.25, 0.3) is 11.1 Å². The molecule has 0 amide bonds. The molecule has 2 aromatic carbocycles. The van der Waals surface area contributed by atoms with Crippen molar-refractivity contribution in [2.45, 2.75) is 70.1 Å². The minimum atomic E-state index is -0.122. The molecule has 2 fully saturated rings. The fourth-order valence-corrected chi connectivity index (χ4v) is 6.06. The summed E-state index contributed by atoms with van der Waals surface area (Å²) in [5.74, 6) is 3.31. The number of aryl methyl sites for hydroxylation is 1. The van der Waals surface area contributed by atoms with Crippen LogP contribution in [0, 0.1) is 23.6 Å². The van der Waals surface area contributed by atoms with Gasteiger partial charge < -0.3 is 0 Å². The van der Waals surface area contributed by atoms with Gasteiger partial charge in [0.2, 0.25) is 0 Å². The van der Waals surface area contributed by atoms with Gasteiger partial charge in [0.15, 0.2) is 0 Å².